The molecule has 2 aliphatic rings. The van der Waals surface area contributed by atoms with Crippen LogP contribution in [0.5, 0.6) is 0 Å². The van der Waals surface area contributed by atoms with Crippen LogP contribution in [-0.4, -0.2) is 67.7 Å². The van der Waals surface area contributed by atoms with Gasteiger partial charge in [0, 0.05) is 20.8 Å². The Labute approximate surface area is 280 Å². The van der Waals surface area contributed by atoms with Gasteiger partial charge in [-0.05, 0) is 70.6 Å². The molecule has 2 aromatic rings. The average Bonchev–Trinajstić information content (AvgIpc) is 3.01. The standard InChI is InChI=1S/C37H44O11/c1-20(26-14-15-27-28(19-26)37(7,8)17-16-36(27,5)6)18-24-10-12-25(13-11-24)33(41)48-35-32(46-23(4)40)30(45-22(3)39)29(44-21(2)38)31(47-35)34(42)43-9/h10-15,18-19,29-32,35H,16-17H2,1-9H3/t29-,30-,31-,32+,35+/m0/s1. The second-order valence-corrected chi connectivity index (χ2v) is 13.6. The number of ether oxygens (including phenoxy) is 6. The van der Waals surface area contributed by atoms with E-state index >= 15 is 0 Å². The Bertz CT molecular complexity index is 1600. The molecule has 4 rings (SSSR count). The van der Waals surface area contributed by atoms with Crippen LogP contribution in [0.4, 0.5) is 0 Å². The Morgan fingerprint density at radius 3 is 1.77 bits per heavy atom. The zero-order chi connectivity index (χ0) is 35.6. The first kappa shape index (κ1) is 36.3. The van der Waals surface area contributed by atoms with E-state index in [0.29, 0.717) is 0 Å². The van der Waals surface area contributed by atoms with Gasteiger partial charge in [-0.1, -0.05) is 64.1 Å². The predicted octanol–water partition coefficient (Wildman–Crippen LogP) is 5.45. The van der Waals surface area contributed by atoms with Gasteiger partial charge in [-0.2, -0.15) is 0 Å². The van der Waals surface area contributed by atoms with E-state index in [4.69, 9.17) is 28.4 Å². The molecule has 11 nitrogen and oxygen atoms in total. The molecule has 0 unspecified atom stereocenters. The number of hydrogen-bond donors (Lipinski definition) is 0. The highest BCUT2D eigenvalue weighted by atomic mass is 16.7. The summed E-state index contributed by atoms with van der Waals surface area (Å²) in [6.07, 6.45) is -3.85. The van der Waals surface area contributed by atoms with Gasteiger partial charge in [-0.15, -0.1) is 0 Å². The van der Waals surface area contributed by atoms with Crippen molar-refractivity contribution in [3.05, 3.63) is 70.3 Å². The van der Waals surface area contributed by atoms with E-state index < -0.39 is 60.6 Å². The maximum Gasteiger partial charge on any atom is 0.340 e. The molecule has 258 valence electrons. The van der Waals surface area contributed by atoms with Gasteiger partial charge in [-0.25, -0.2) is 9.59 Å². The van der Waals surface area contributed by atoms with Crippen LogP contribution in [0.25, 0.3) is 11.6 Å². The molecule has 2 aromatic carbocycles. The lowest BCUT2D eigenvalue weighted by Crippen LogP contribution is -2.64. The van der Waals surface area contributed by atoms with Gasteiger partial charge in [-0.3, -0.25) is 14.4 Å². The first-order valence-corrected chi connectivity index (χ1v) is 15.8. The molecule has 0 bridgehead atoms. The lowest BCUT2D eigenvalue weighted by atomic mass is 9.63. The molecule has 1 saturated heterocycles. The molecule has 0 radical (unpaired) electrons. The first-order valence-electron chi connectivity index (χ1n) is 15.8. The molecule has 1 heterocycles. The summed E-state index contributed by atoms with van der Waals surface area (Å²) in [4.78, 5) is 61.9. The Morgan fingerprint density at radius 1 is 0.688 bits per heavy atom. The van der Waals surface area contributed by atoms with Crippen molar-refractivity contribution in [3.8, 4) is 0 Å². The topological polar surface area (TPSA) is 141 Å². The summed E-state index contributed by atoms with van der Waals surface area (Å²) < 4.78 is 31.9. The van der Waals surface area contributed by atoms with Crippen molar-refractivity contribution in [1.82, 2.24) is 0 Å². The van der Waals surface area contributed by atoms with Crippen molar-refractivity contribution in [2.45, 2.75) is 110 Å². The van der Waals surface area contributed by atoms with Crippen LogP contribution in [0.2, 0.25) is 0 Å². The van der Waals surface area contributed by atoms with E-state index in [1.807, 2.05) is 13.0 Å². The molecular weight excluding hydrogens is 620 g/mol. The molecule has 0 amide bonds. The van der Waals surface area contributed by atoms with E-state index in [0.717, 1.165) is 57.4 Å². The summed E-state index contributed by atoms with van der Waals surface area (Å²) >= 11 is 0. The molecular formula is C37H44O11. The summed E-state index contributed by atoms with van der Waals surface area (Å²) in [5, 5.41) is 0. The second-order valence-electron chi connectivity index (χ2n) is 13.6. The molecule has 11 heteroatoms. The van der Waals surface area contributed by atoms with Crippen molar-refractivity contribution in [1.29, 1.82) is 0 Å². The fourth-order valence-corrected chi connectivity index (χ4v) is 6.23. The van der Waals surface area contributed by atoms with Crippen LogP contribution in [0.3, 0.4) is 0 Å². The largest absolute Gasteiger partial charge is 0.467 e. The second kappa shape index (κ2) is 14.3. The van der Waals surface area contributed by atoms with Crippen molar-refractivity contribution in [3.63, 3.8) is 0 Å². The third-order valence-corrected chi connectivity index (χ3v) is 8.90. The first-order chi connectivity index (χ1) is 22.4. The summed E-state index contributed by atoms with van der Waals surface area (Å²) in [6, 6.07) is 13.3. The summed E-state index contributed by atoms with van der Waals surface area (Å²) in [7, 11) is 1.07. The van der Waals surface area contributed by atoms with E-state index in [9.17, 15) is 24.0 Å². The van der Waals surface area contributed by atoms with Crippen LogP contribution in [-0.2, 0) is 58.4 Å². The van der Waals surface area contributed by atoms with Crippen molar-refractivity contribution in [2.75, 3.05) is 7.11 Å². The smallest absolute Gasteiger partial charge is 0.340 e. The van der Waals surface area contributed by atoms with Crippen LogP contribution in [0.15, 0.2) is 42.5 Å². The Morgan fingerprint density at radius 2 is 1.21 bits per heavy atom. The Hall–Kier alpha value is -4.51. The lowest BCUT2D eigenvalue weighted by Gasteiger charge is -2.42. The number of carbonyl (C=O) groups is 5. The van der Waals surface area contributed by atoms with Gasteiger partial charge >= 0.3 is 29.8 Å². The molecule has 48 heavy (non-hydrogen) atoms. The van der Waals surface area contributed by atoms with E-state index in [1.165, 1.54) is 11.1 Å². The Kier molecular flexibility index (Phi) is 10.8. The van der Waals surface area contributed by atoms with Gasteiger partial charge in [0.1, 0.15) is 0 Å². The number of benzene rings is 2. The normalized spacial score (nSPS) is 24.4. The van der Waals surface area contributed by atoms with Crippen molar-refractivity contribution in [2.24, 2.45) is 0 Å². The molecule has 0 aromatic heterocycles. The fourth-order valence-electron chi connectivity index (χ4n) is 6.23. The predicted molar refractivity (Wildman–Crippen MR) is 174 cm³/mol. The minimum absolute atomic E-state index is 0.0795. The molecule has 0 N–H and O–H groups in total. The molecule has 1 aliphatic heterocycles. The average molecular weight is 665 g/mol. The van der Waals surface area contributed by atoms with Crippen molar-refractivity contribution < 1.29 is 52.4 Å². The highest BCUT2D eigenvalue weighted by Crippen LogP contribution is 2.46. The number of methoxy groups -OCH3 is 1. The molecule has 1 fully saturated rings. The number of fused-ring (bicyclic) bond motifs is 1. The van der Waals surface area contributed by atoms with E-state index in [1.54, 1.807) is 24.3 Å². The number of carbonyl (C=O) groups excluding carboxylic acids is 5. The Balaban J connectivity index is 1.58. The van der Waals surface area contributed by atoms with Crippen LogP contribution < -0.4 is 0 Å². The van der Waals surface area contributed by atoms with E-state index in [-0.39, 0.29) is 16.4 Å². The van der Waals surface area contributed by atoms with Crippen LogP contribution >= 0.6 is 0 Å². The minimum atomic E-state index is -1.73. The van der Waals surface area contributed by atoms with Gasteiger partial charge in [0.2, 0.25) is 12.4 Å². The van der Waals surface area contributed by atoms with Crippen LogP contribution in [0.1, 0.15) is 101 Å². The summed E-state index contributed by atoms with van der Waals surface area (Å²) in [6.45, 7) is 14.4. The monoisotopic (exact) mass is 664 g/mol. The van der Waals surface area contributed by atoms with Crippen LogP contribution in [0, 0.1) is 0 Å². The third kappa shape index (κ3) is 8.13. The third-order valence-electron chi connectivity index (χ3n) is 8.90. The maximum atomic E-state index is 13.3. The van der Waals surface area contributed by atoms with Gasteiger partial charge in [0.15, 0.2) is 18.3 Å². The van der Waals surface area contributed by atoms with Gasteiger partial charge in [0.25, 0.3) is 0 Å². The summed E-state index contributed by atoms with van der Waals surface area (Å²) in [5.74, 6) is -4.39. The molecule has 5 atom stereocenters. The number of hydrogen-bond acceptors (Lipinski definition) is 11. The van der Waals surface area contributed by atoms with Crippen molar-refractivity contribution >= 4 is 41.5 Å². The highest BCUT2D eigenvalue weighted by molar-refractivity contribution is 5.90. The quantitative estimate of drug-likeness (QED) is 0.202. The zero-order valence-electron chi connectivity index (χ0n) is 28.9. The number of allylic oxidation sites excluding steroid dienone is 1. The summed E-state index contributed by atoms with van der Waals surface area (Å²) in [5.41, 5.74) is 6.10. The molecule has 1 aliphatic carbocycles. The van der Waals surface area contributed by atoms with E-state index in [2.05, 4.69) is 45.9 Å². The fraction of sp³-hybridized carbons (Fsp3) is 0.486. The van der Waals surface area contributed by atoms with Gasteiger partial charge in [0.05, 0.1) is 12.7 Å². The SMILES string of the molecule is COC(=O)[C@H]1O[C@H](OC(=O)c2ccc(C=C(C)c3ccc4c(c3)C(C)(C)CCC4(C)C)cc2)[C@H](OC(C)=O)[C@@H](OC(C)=O)[C@@H]1OC(C)=O. The van der Waals surface area contributed by atoms with Gasteiger partial charge < -0.3 is 28.4 Å². The number of esters is 5. The number of rotatable bonds is 8. The zero-order valence-corrected chi connectivity index (χ0v) is 28.9. The highest BCUT2D eigenvalue weighted by Gasteiger charge is 2.56. The molecule has 0 saturated carbocycles. The maximum absolute atomic E-state index is 13.3. The minimum Gasteiger partial charge on any atom is -0.467 e. The molecule has 0 spiro atoms. The lowest BCUT2D eigenvalue weighted by molar-refractivity contribution is -0.288.